The number of aromatic amines is 1. The maximum atomic E-state index is 13.0. The van der Waals surface area contributed by atoms with Gasteiger partial charge < -0.3 is 4.74 Å². The van der Waals surface area contributed by atoms with Gasteiger partial charge in [0, 0.05) is 11.8 Å². The van der Waals surface area contributed by atoms with E-state index in [0.717, 1.165) is 29.7 Å². The number of alkyl halides is 6. The Balaban J connectivity index is 1.72. The van der Waals surface area contributed by atoms with Crippen LogP contribution in [0.4, 0.5) is 26.3 Å². The molecule has 36 heavy (non-hydrogen) atoms. The molecule has 0 saturated carbocycles. The second-order valence-corrected chi connectivity index (χ2v) is 8.61. The summed E-state index contributed by atoms with van der Waals surface area (Å²) < 4.78 is 86.9. The van der Waals surface area contributed by atoms with Gasteiger partial charge in [-0.25, -0.2) is 14.8 Å². The van der Waals surface area contributed by atoms with Crippen LogP contribution in [0.25, 0.3) is 22.0 Å². The number of rotatable bonds is 6. The lowest BCUT2D eigenvalue weighted by Crippen LogP contribution is -2.20. The third-order valence-electron chi connectivity index (χ3n) is 4.62. The van der Waals surface area contributed by atoms with Gasteiger partial charge in [-0.05, 0) is 31.2 Å². The highest BCUT2D eigenvalue weighted by atomic mass is 35.5. The fraction of sp³-hybridized carbons (Fsp3) is 0.250. The molecular weight excluding hydrogens is 540 g/mol. The molecule has 0 spiro atoms. The SMILES string of the molecule is Cc1nc(-c2ccc(C(F)(F)F)nc2)sc1C(OCC(F)(F)F)c1ccc(-c2noc(=O)[nH]2)c(Cl)n1. The van der Waals surface area contributed by atoms with Gasteiger partial charge in [0.2, 0.25) is 0 Å². The molecule has 0 aromatic carbocycles. The van der Waals surface area contributed by atoms with Gasteiger partial charge in [0.15, 0.2) is 5.82 Å². The molecule has 0 bridgehead atoms. The van der Waals surface area contributed by atoms with Crippen LogP contribution in [0.15, 0.2) is 39.8 Å². The third-order valence-corrected chi connectivity index (χ3v) is 6.16. The molecule has 0 radical (unpaired) electrons. The van der Waals surface area contributed by atoms with Crippen molar-refractivity contribution in [3.63, 3.8) is 0 Å². The molecule has 0 fully saturated rings. The van der Waals surface area contributed by atoms with Crippen molar-refractivity contribution >= 4 is 22.9 Å². The minimum Gasteiger partial charge on any atom is -0.357 e. The van der Waals surface area contributed by atoms with E-state index in [1.54, 1.807) is 0 Å². The van der Waals surface area contributed by atoms with Crippen molar-refractivity contribution in [2.75, 3.05) is 6.61 Å². The predicted octanol–water partition coefficient (Wildman–Crippen LogP) is 5.59. The molecule has 4 aromatic rings. The van der Waals surface area contributed by atoms with Crippen LogP contribution in [0.2, 0.25) is 5.15 Å². The van der Waals surface area contributed by atoms with E-state index in [2.05, 4.69) is 29.6 Å². The van der Waals surface area contributed by atoms with Gasteiger partial charge in [0.05, 0.1) is 21.8 Å². The lowest BCUT2D eigenvalue weighted by molar-refractivity contribution is -0.182. The van der Waals surface area contributed by atoms with E-state index in [0.29, 0.717) is 0 Å². The number of pyridine rings is 2. The van der Waals surface area contributed by atoms with Gasteiger partial charge >= 0.3 is 18.1 Å². The number of aromatic nitrogens is 5. The van der Waals surface area contributed by atoms with E-state index in [4.69, 9.17) is 16.3 Å². The minimum atomic E-state index is -4.67. The first-order chi connectivity index (χ1) is 16.8. The molecule has 1 N–H and O–H groups in total. The second kappa shape index (κ2) is 9.63. The first-order valence-corrected chi connectivity index (χ1v) is 10.9. The van der Waals surface area contributed by atoms with Crippen LogP contribution >= 0.6 is 22.9 Å². The average molecular weight is 552 g/mol. The number of hydrogen-bond acceptors (Lipinski definition) is 8. The number of nitrogens with zero attached hydrogens (tertiary/aromatic N) is 4. The molecule has 4 rings (SSSR count). The van der Waals surface area contributed by atoms with Crippen molar-refractivity contribution in [3.8, 4) is 22.0 Å². The zero-order valence-electron chi connectivity index (χ0n) is 17.7. The number of thiazole rings is 1. The summed E-state index contributed by atoms with van der Waals surface area (Å²) in [6.07, 6.45) is -9.70. The Hall–Kier alpha value is -3.30. The number of nitrogens with one attached hydrogen (secondary N) is 1. The lowest BCUT2D eigenvalue weighted by Gasteiger charge is -2.18. The Morgan fingerprint density at radius 2 is 1.89 bits per heavy atom. The Morgan fingerprint density at radius 1 is 1.14 bits per heavy atom. The highest BCUT2D eigenvalue weighted by molar-refractivity contribution is 7.15. The van der Waals surface area contributed by atoms with E-state index in [-0.39, 0.29) is 43.4 Å². The van der Waals surface area contributed by atoms with Gasteiger partial charge in [-0.2, -0.15) is 26.3 Å². The molecule has 4 aromatic heterocycles. The molecule has 190 valence electrons. The molecule has 0 aliphatic carbocycles. The molecule has 4 heterocycles. The third kappa shape index (κ3) is 5.74. The number of H-pyrrole nitrogens is 1. The van der Waals surface area contributed by atoms with E-state index in [1.165, 1.54) is 19.1 Å². The number of aryl methyl sites for hydroxylation is 1. The van der Waals surface area contributed by atoms with Gasteiger partial charge in [-0.1, -0.05) is 16.8 Å². The van der Waals surface area contributed by atoms with E-state index < -0.39 is 36.5 Å². The highest BCUT2D eigenvalue weighted by Gasteiger charge is 2.34. The topological polar surface area (TPSA) is 107 Å². The molecule has 16 heteroatoms. The average Bonchev–Trinajstić information content (AvgIpc) is 3.38. The largest absolute Gasteiger partial charge is 0.439 e. The van der Waals surface area contributed by atoms with Crippen LogP contribution in [-0.2, 0) is 10.9 Å². The van der Waals surface area contributed by atoms with Crippen molar-refractivity contribution in [2.24, 2.45) is 0 Å². The van der Waals surface area contributed by atoms with Crippen molar-refractivity contribution < 1.29 is 35.6 Å². The molecule has 0 aliphatic rings. The van der Waals surface area contributed by atoms with Crippen molar-refractivity contribution in [3.05, 3.63) is 68.1 Å². The Bertz CT molecular complexity index is 1430. The highest BCUT2D eigenvalue weighted by Crippen LogP contribution is 2.39. The summed E-state index contributed by atoms with van der Waals surface area (Å²) in [5.74, 6) is -0.884. The fourth-order valence-electron chi connectivity index (χ4n) is 3.05. The summed E-state index contributed by atoms with van der Waals surface area (Å²) in [5, 5.41) is 3.50. The Kier molecular flexibility index (Phi) is 6.90. The number of hydrogen-bond donors (Lipinski definition) is 1. The van der Waals surface area contributed by atoms with E-state index in [9.17, 15) is 31.1 Å². The van der Waals surface area contributed by atoms with Crippen LogP contribution < -0.4 is 5.76 Å². The molecule has 0 saturated heterocycles. The Labute approximate surface area is 205 Å². The molecule has 1 unspecified atom stereocenters. The van der Waals surface area contributed by atoms with Crippen LogP contribution in [0.3, 0.4) is 0 Å². The minimum absolute atomic E-state index is 0.0114. The summed E-state index contributed by atoms with van der Waals surface area (Å²) in [5.41, 5.74) is -0.460. The summed E-state index contributed by atoms with van der Waals surface area (Å²) in [7, 11) is 0. The van der Waals surface area contributed by atoms with Crippen LogP contribution in [0, 0.1) is 6.92 Å². The second-order valence-electron chi connectivity index (χ2n) is 7.22. The maximum absolute atomic E-state index is 13.0. The standard InChI is InChI=1S/C20H12ClF6N5O3S/c1-8-14(36-17(29-8)9-2-5-12(28-6-9)20(25,26)27)13(34-7-19(22,23)24)11-4-3-10(15(21)30-11)16-31-18(33)35-32-16/h2-6,13H,7H2,1H3,(H,31,32,33). The first-order valence-electron chi connectivity index (χ1n) is 9.74. The molecule has 1 atom stereocenters. The van der Waals surface area contributed by atoms with Crippen molar-refractivity contribution in [1.82, 2.24) is 25.1 Å². The number of ether oxygens (including phenoxy) is 1. The lowest BCUT2D eigenvalue weighted by atomic mass is 10.1. The van der Waals surface area contributed by atoms with Crippen LogP contribution in [0.1, 0.15) is 28.1 Å². The van der Waals surface area contributed by atoms with Crippen molar-refractivity contribution in [2.45, 2.75) is 25.4 Å². The zero-order valence-corrected chi connectivity index (χ0v) is 19.3. The number of halogens is 7. The monoisotopic (exact) mass is 551 g/mol. The quantitative estimate of drug-likeness (QED) is 0.246. The van der Waals surface area contributed by atoms with E-state index in [1.807, 2.05) is 0 Å². The van der Waals surface area contributed by atoms with Gasteiger partial charge in [0.1, 0.15) is 28.6 Å². The summed E-state index contributed by atoms with van der Waals surface area (Å²) in [6.45, 7) is -0.114. The Morgan fingerprint density at radius 3 is 2.44 bits per heavy atom. The van der Waals surface area contributed by atoms with E-state index >= 15 is 0 Å². The normalized spacial score (nSPS) is 13.2. The predicted molar refractivity (Wildman–Crippen MR) is 114 cm³/mol. The molecule has 0 aliphatic heterocycles. The van der Waals surface area contributed by atoms with Crippen molar-refractivity contribution in [1.29, 1.82) is 0 Å². The van der Waals surface area contributed by atoms with Crippen LogP contribution in [-0.4, -0.2) is 37.9 Å². The van der Waals surface area contributed by atoms with Gasteiger partial charge in [-0.15, -0.1) is 11.3 Å². The summed E-state index contributed by atoms with van der Waals surface area (Å²) in [6, 6.07) is 4.62. The van der Waals surface area contributed by atoms with Gasteiger partial charge in [0.25, 0.3) is 0 Å². The first kappa shape index (κ1) is 25.8. The fourth-order valence-corrected chi connectivity index (χ4v) is 4.42. The summed E-state index contributed by atoms with van der Waals surface area (Å²) in [4.78, 5) is 25.5. The zero-order chi connectivity index (χ0) is 26.3. The van der Waals surface area contributed by atoms with Gasteiger partial charge in [-0.3, -0.25) is 14.5 Å². The smallest absolute Gasteiger partial charge is 0.357 e. The maximum Gasteiger partial charge on any atom is 0.439 e. The molecule has 0 amide bonds. The van der Waals surface area contributed by atoms with Crippen LogP contribution in [0.5, 0.6) is 0 Å². The molecule has 8 nitrogen and oxygen atoms in total. The molecular formula is C20H12ClF6N5O3S. The summed E-state index contributed by atoms with van der Waals surface area (Å²) >= 11 is 7.09.